The van der Waals surface area contributed by atoms with Gasteiger partial charge in [0.2, 0.25) is 5.91 Å². The summed E-state index contributed by atoms with van der Waals surface area (Å²) in [5, 5.41) is 1.80. The lowest BCUT2D eigenvalue weighted by atomic mass is 9.93. The molecule has 0 radical (unpaired) electrons. The Morgan fingerprint density at radius 3 is 2.62 bits per heavy atom. The number of urea groups is 1. The van der Waals surface area contributed by atoms with Crippen molar-refractivity contribution in [1.82, 2.24) is 29.7 Å². The number of rotatable bonds is 4. The number of imidazole rings is 1. The molecule has 0 bridgehead atoms. The molecule has 214 valence electrons. The van der Waals surface area contributed by atoms with E-state index in [1.165, 1.54) is 18.3 Å². The summed E-state index contributed by atoms with van der Waals surface area (Å²) in [4.78, 5) is 45.9. The number of hydrogen-bond acceptors (Lipinski definition) is 4. The number of aromatic amines is 1. The molecule has 2 aliphatic rings. The molecule has 0 saturated carbocycles. The molecule has 2 fully saturated rings. The fourth-order valence-electron chi connectivity index (χ4n) is 4.79. The number of nitrogens with zero attached hydrogens (tertiary/aromatic N) is 4. The van der Waals surface area contributed by atoms with Crippen LogP contribution in [0.1, 0.15) is 52.8 Å². The Labute approximate surface area is 234 Å². The highest BCUT2D eigenvalue weighted by atomic mass is 19.4. The first kappa shape index (κ1) is 20.0. The van der Waals surface area contributed by atoms with Gasteiger partial charge in [0.15, 0.2) is 17.3 Å². The van der Waals surface area contributed by atoms with Gasteiger partial charge in [0.1, 0.15) is 12.5 Å². The quantitative estimate of drug-likeness (QED) is 0.465. The zero-order valence-electron chi connectivity index (χ0n) is 27.6. The summed E-state index contributed by atoms with van der Waals surface area (Å²) in [5.41, 5.74) is -0.870. The third-order valence-corrected chi connectivity index (χ3v) is 6.62. The van der Waals surface area contributed by atoms with E-state index in [0.717, 1.165) is 22.8 Å². The topological polar surface area (TPSA) is 103 Å². The normalized spacial score (nSPS) is 28.4. The second-order valence-electron chi connectivity index (χ2n) is 9.20. The fourth-order valence-corrected chi connectivity index (χ4v) is 4.79. The number of H-pyrrole nitrogens is 1. The summed E-state index contributed by atoms with van der Waals surface area (Å²) in [6.45, 7) is -11.5. The van der Waals surface area contributed by atoms with E-state index in [1.54, 1.807) is 5.32 Å². The number of fused-ring (bicyclic) bond motifs is 1. The summed E-state index contributed by atoms with van der Waals surface area (Å²) in [7, 11) is 0. The van der Waals surface area contributed by atoms with E-state index in [-0.39, 0.29) is 16.1 Å². The van der Waals surface area contributed by atoms with E-state index >= 15 is 0 Å². The highest BCUT2D eigenvalue weighted by molar-refractivity contribution is 5.87. The number of alkyl halides is 3. The van der Waals surface area contributed by atoms with E-state index in [0.29, 0.717) is 0 Å². The van der Waals surface area contributed by atoms with Crippen molar-refractivity contribution >= 4 is 23.1 Å². The van der Waals surface area contributed by atoms with Gasteiger partial charge in [-0.15, -0.1) is 0 Å². The van der Waals surface area contributed by atoms with Gasteiger partial charge >= 0.3 is 17.9 Å². The molecule has 2 aliphatic heterocycles. The molecule has 40 heavy (non-hydrogen) atoms. The van der Waals surface area contributed by atoms with Crippen LogP contribution in [0.15, 0.2) is 41.3 Å². The van der Waals surface area contributed by atoms with Gasteiger partial charge in [-0.3, -0.25) is 14.3 Å². The Morgan fingerprint density at radius 1 is 1.15 bits per heavy atom. The van der Waals surface area contributed by atoms with Crippen LogP contribution in [0.3, 0.4) is 0 Å². The second-order valence-corrected chi connectivity index (χ2v) is 9.20. The molecule has 0 spiro atoms. The summed E-state index contributed by atoms with van der Waals surface area (Å²) in [5.74, 6) is -6.24. The SMILES string of the molecule is [2H]C1([2H])CC(n2c(=O)[nH]c3ncccc32)CC([2H])([2H])N1C(=O)N[C@]1([2H])CC[C@@H](c2cccc(F)c2F)CN(C([2H])([2H])C(F)(F)F)C1=O. The third kappa shape index (κ3) is 5.65. The third-order valence-electron chi connectivity index (χ3n) is 6.62. The minimum atomic E-state index is -5.74. The number of halogens is 5. The Bertz CT molecular complexity index is 1770. The van der Waals surface area contributed by atoms with Crippen molar-refractivity contribution in [2.75, 3.05) is 26.0 Å². The lowest BCUT2D eigenvalue weighted by Gasteiger charge is -2.34. The van der Waals surface area contributed by atoms with Crippen LogP contribution in [-0.4, -0.2) is 74.5 Å². The molecule has 0 unspecified atom stereocenters. The molecule has 2 N–H and O–H groups in total. The Morgan fingerprint density at radius 2 is 1.90 bits per heavy atom. The zero-order chi connectivity index (χ0) is 34.9. The average Bonchev–Trinajstić information content (AvgIpc) is 3.21. The van der Waals surface area contributed by atoms with E-state index in [1.807, 2.05) is 0 Å². The minimum absolute atomic E-state index is 0.0373. The standard InChI is InChI=1S/C26H27F5N6O3/c27-18-4-1-3-17(21(18)28)15-6-7-19(23(38)36(13-15)14-26(29,30)31)33-24(39)35-11-8-16(9-12-35)37-20-5-2-10-32-22(20)34-25(37)40/h1-5,10,15-16,19H,6-9,11-14H2,(H,33,39)(H,32,34,40)/t15-,19-/m1/s1/i11D2,12D2,14D2,19D. The predicted molar refractivity (Wildman–Crippen MR) is 133 cm³/mol. The molecule has 4 heterocycles. The van der Waals surface area contributed by atoms with Crippen molar-refractivity contribution in [3.05, 3.63) is 64.2 Å². The maximum atomic E-state index is 14.7. The van der Waals surface area contributed by atoms with Crippen molar-refractivity contribution in [3.63, 3.8) is 0 Å². The minimum Gasteiger partial charge on any atom is -0.331 e. The second kappa shape index (κ2) is 10.9. The first-order valence-corrected chi connectivity index (χ1v) is 12.1. The number of pyridine rings is 1. The summed E-state index contributed by atoms with van der Waals surface area (Å²) in [6.07, 6.45) is -7.12. The van der Waals surface area contributed by atoms with Gasteiger partial charge in [0.25, 0.3) is 0 Å². The van der Waals surface area contributed by atoms with E-state index < -0.39 is 116 Å². The average molecular weight is 574 g/mol. The Hall–Kier alpha value is -3.97. The maximum Gasteiger partial charge on any atom is 0.406 e. The van der Waals surface area contributed by atoms with Crippen LogP contribution >= 0.6 is 0 Å². The van der Waals surface area contributed by atoms with Crippen molar-refractivity contribution in [1.29, 1.82) is 0 Å². The number of nitrogens with one attached hydrogen (secondary N) is 2. The van der Waals surface area contributed by atoms with Gasteiger partial charge < -0.3 is 15.1 Å². The number of likely N-dealkylation sites (tertiary alicyclic amines) is 2. The van der Waals surface area contributed by atoms with Gasteiger partial charge in [0.05, 0.1) is 9.63 Å². The number of aromatic nitrogens is 3. The first-order valence-electron chi connectivity index (χ1n) is 15.6. The molecule has 0 aliphatic carbocycles. The summed E-state index contributed by atoms with van der Waals surface area (Å²) >= 11 is 0. The summed E-state index contributed by atoms with van der Waals surface area (Å²) in [6, 6.07) is -0.253. The fraction of sp³-hybridized carbons (Fsp3) is 0.462. The van der Waals surface area contributed by atoms with Crippen molar-refractivity contribution in [3.8, 4) is 0 Å². The van der Waals surface area contributed by atoms with Crippen LogP contribution in [0, 0.1) is 11.6 Å². The van der Waals surface area contributed by atoms with Crippen molar-refractivity contribution < 1.29 is 41.1 Å². The van der Waals surface area contributed by atoms with E-state index in [4.69, 9.17) is 9.60 Å². The van der Waals surface area contributed by atoms with Crippen LogP contribution in [0.5, 0.6) is 0 Å². The highest BCUT2D eigenvalue weighted by Gasteiger charge is 2.40. The van der Waals surface area contributed by atoms with Crippen LogP contribution < -0.4 is 11.0 Å². The molecule has 3 amide bonds. The van der Waals surface area contributed by atoms with Gasteiger partial charge in [-0.05, 0) is 49.4 Å². The number of amides is 3. The van der Waals surface area contributed by atoms with Crippen LogP contribution in [0.2, 0.25) is 0 Å². The molecule has 14 heteroatoms. The smallest absolute Gasteiger partial charge is 0.331 e. The first-order chi connectivity index (χ1) is 21.6. The maximum absolute atomic E-state index is 14.7. The van der Waals surface area contributed by atoms with Crippen LogP contribution in [0.4, 0.5) is 26.7 Å². The van der Waals surface area contributed by atoms with Crippen LogP contribution in [-0.2, 0) is 4.79 Å². The Balaban J connectivity index is 1.48. The van der Waals surface area contributed by atoms with Gasteiger partial charge in [0, 0.05) is 43.2 Å². The molecule has 2 atom stereocenters. The Kier molecular flexibility index (Phi) is 5.44. The largest absolute Gasteiger partial charge is 0.406 e. The molecule has 1 aromatic carbocycles. The van der Waals surface area contributed by atoms with Gasteiger partial charge in [-0.2, -0.15) is 13.2 Å². The number of piperidine rings is 1. The molecule has 2 aromatic heterocycles. The monoisotopic (exact) mass is 573 g/mol. The van der Waals surface area contributed by atoms with Crippen molar-refractivity contribution in [2.24, 2.45) is 0 Å². The highest BCUT2D eigenvalue weighted by Crippen LogP contribution is 2.32. The van der Waals surface area contributed by atoms with Gasteiger partial charge in [-0.1, -0.05) is 12.1 Å². The van der Waals surface area contributed by atoms with Crippen LogP contribution in [0.25, 0.3) is 11.2 Å². The van der Waals surface area contributed by atoms with Crippen molar-refractivity contribution in [2.45, 2.75) is 49.8 Å². The summed E-state index contributed by atoms with van der Waals surface area (Å²) < 4.78 is 130. The molecular formula is C26H27F5N6O3. The number of carbonyl (C=O) groups excluding carboxylic acids is 2. The number of hydrogen-bond donors (Lipinski definition) is 2. The molecular weight excluding hydrogens is 539 g/mol. The lowest BCUT2D eigenvalue weighted by molar-refractivity contribution is -0.162. The molecule has 2 saturated heterocycles. The molecule has 5 rings (SSSR count). The zero-order valence-corrected chi connectivity index (χ0v) is 20.6. The number of carbonyl (C=O) groups is 2. The molecule has 3 aromatic rings. The lowest BCUT2D eigenvalue weighted by Crippen LogP contribution is -2.54. The van der Waals surface area contributed by atoms with Gasteiger partial charge in [-0.25, -0.2) is 23.4 Å². The number of benzene rings is 1. The van der Waals surface area contributed by atoms with E-state index in [2.05, 4.69) is 9.97 Å². The van der Waals surface area contributed by atoms with E-state index in [9.17, 15) is 36.3 Å². The molecule has 9 nitrogen and oxygen atoms in total. The predicted octanol–water partition coefficient (Wildman–Crippen LogP) is 3.69.